The molecule has 0 radical (unpaired) electrons. The lowest BCUT2D eigenvalue weighted by atomic mass is 10.3. The molecule has 5 heteroatoms. The van der Waals surface area contributed by atoms with Crippen LogP contribution in [0, 0.1) is 0 Å². The van der Waals surface area contributed by atoms with Gasteiger partial charge in [0.1, 0.15) is 5.78 Å². The van der Waals surface area contributed by atoms with E-state index in [0.29, 0.717) is 25.3 Å². The first kappa shape index (κ1) is 16.9. The fourth-order valence-electron chi connectivity index (χ4n) is 1.16. The van der Waals surface area contributed by atoms with Crippen LogP contribution >= 0.6 is 11.8 Å². The Morgan fingerprint density at radius 1 is 1.39 bits per heavy atom. The Morgan fingerprint density at radius 2 is 2.06 bits per heavy atom. The Labute approximate surface area is 113 Å². The van der Waals surface area contributed by atoms with E-state index in [-0.39, 0.29) is 11.7 Å². The van der Waals surface area contributed by atoms with Gasteiger partial charge < -0.3 is 10.6 Å². The second-order valence-electron chi connectivity index (χ2n) is 3.89. The zero-order chi connectivity index (χ0) is 14.0. The number of thioether (sulfide) groups is 1. The van der Waals surface area contributed by atoms with Crippen molar-refractivity contribution in [2.45, 2.75) is 20.3 Å². The van der Waals surface area contributed by atoms with Gasteiger partial charge in [-0.3, -0.25) is 9.59 Å². The lowest BCUT2D eigenvalue weighted by Crippen LogP contribution is -2.31. The topological polar surface area (TPSA) is 63.4 Å². The average Bonchev–Trinajstić information content (AvgIpc) is 2.33. The third kappa shape index (κ3) is 8.08. The third-order valence-corrected chi connectivity index (χ3v) is 3.45. The molecule has 4 nitrogen and oxygen atoms in total. The summed E-state index contributed by atoms with van der Waals surface area (Å²) in [6.45, 7) is 4.52. The Hall–Kier alpha value is -1.07. The van der Waals surface area contributed by atoms with Crippen molar-refractivity contribution in [3.63, 3.8) is 0 Å². The Balaban J connectivity index is 4.13. The van der Waals surface area contributed by atoms with Crippen molar-refractivity contribution in [1.29, 1.82) is 0 Å². The fourth-order valence-corrected chi connectivity index (χ4v) is 1.89. The van der Waals surface area contributed by atoms with Crippen molar-refractivity contribution in [1.82, 2.24) is 4.90 Å². The molecule has 0 atom stereocenters. The number of nitrogens with two attached hydrogens (primary N) is 1. The molecule has 0 saturated carbocycles. The second kappa shape index (κ2) is 9.91. The largest absolute Gasteiger partial charge is 0.344 e. The van der Waals surface area contributed by atoms with E-state index >= 15 is 0 Å². The highest BCUT2D eigenvalue weighted by molar-refractivity contribution is 8.03. The first-order chi connectivity index (χ1) is 8.51. The van der Waals surface area contributed by atoms with Crippen molar-refractivity contribution in [2.24, 2.45) is 5.73 Å². The minimum Gasteiger partial charge on any atom is -0.344 e. The van der Waals surface area contributed by atoms with Gasteiger partial charge in [-0.05, 0) is 13.8 Å². The Kier molecular flexibility index (Phi) is 9.32. The monoisotopic (exact) mass is 270 g/mol. The van der Waals surface area contributed by atoms with Gasteiger partial charge >= 0.3 is 0 Å². The SMILES string of the molecule is C/C=C(\C=C/CC(=O)N(C)CCN)SCC(C)=O. The predicted octanol–water partition coefficient (Wildman–Crippen LogP) is 1.58. The minimum absolute atomic E-state index is 0.0451. The number of allylic oxidation sites excluding steroid dienone is 2. The summed E-state index contributed by atoms with van der Waals surface area (Å²) < 4.78 is 0. The molecule has 0 aromatic carbocycles. The molecule has 18 heavy (non-hydrogen) atoms. The maximum absolute atomic E-state index is 11.6. The van der Waals surface area contributed by atoms with Crippen LogP contribution in [0.5, 0.6) is 0 Å². The van der Waals surface area contributed by atoms with E-state index in [1.165, 1.54) is 11.8 Å². The van der Waals surface area contributed by atoms with Gasteiger partial charge in [-0.1, -0.05) is 18.2 Å². The van der Waals surface area contributed by atoms with Crippen LogP contribution in [0.4, 0.5) is 0 Å². The van der Waals surface area contributed by atoms with Gasteiger partial charge in [0.2, 0.25) is 5.91 Å². The molecule has 102 valence electrons. The highest BCUT2D eigenvalue weighted by atomic mass is 32.2. The number of hydrogen-bond acceptors (Lipinski definition) is 4. The molecular weight excluding hydrogens is 248 g/mol. The van der Waals surface area contributed by atoms with E-state index < -0.39 is 0 Å². The van der Waals surface area contributed by atoms with Gasteiger partial charge in [0, 0.05) is 31.5 Å². The molecule has 0 bridgehead atoms. The summed E-state index contributed by atoms with van der Waals surface area (Å²) in [5, 5.41) is 0. The highest BCUT2D eigenvalue weighted by Gasteiger charge is 2.04. The van der Waals surface area contributed by atoms with Crippen LogP contribution in [0.2, 0.25) is 0 Å². The molecule has 0 unspecified atom stereocenters. The molecule has 1 amide bonds. The zero-order valence-electron chi connectivity index (χ0n) is 11.3. The number of rotatable bonds is 8. The first-order valence-electron chi connectivity index (χ1n) is 5.90. The first-order valence-corrected chi connectivity index (χ1v) is 6.89. The predicted molar refractivity (Wildman–Crippen MR) is 77.3 cm³/mol. The number of Topliss-reactive ketones (excluding diaryl/α,β-unsaturated/α-hetero) is 1. The van der Waals surface area contributed by atoms with Crippen molar-refractivity contribution in [3.05, 3.63) is 23.1 Å². The molecule has 0 aliphatic heterocycles. The number of nitrogens with zero attached hydrogens (tertiary/aromatic N) is 1. The summed E-state index contributed by atoms with van der Waals surface area (Å²) in [6, 6.07) is 0. The molecule has 0 heterocycles. The van der Waals surface area contributed by atoms with Gasteiger partial charge in [0.15, 0.2) is 0 Å². The standard InChI is InChI=1S/C13H22N2O2S/c1-4-12(18-10-11(2)16)6-5-7-13(17)15(3)9-8-14/h4-6H,7-10,14H2,1-3H3/b6-5-,12-4+. The molecule has 0 aromatic rings. The van der Waals surface area contributed by atoms with Crippen LogP contribution in [0.3, 0.4) is 0 Å². The summed E-state index contributed by atoms with van der Waals surface area (Å²) >= 11 is 1.48. The lowest BCUT2D eigenvalue weighted by Gasteiger charge is -2.14. The summed E-state index contributed by atoms with van der Waals surface area (Å²) in [5.41, 5.74) is 5.38. The summed E-state index contributed by atoms with van der Waals surface area (Å²) in [6.07, 6.45) is 5.98. The van der Waals surface area contributed by atoms with Gasteiger partial charge in [0.25, 0.3) is 0 Å². The van der Waals surface area contributed by atoms with Gasteiger partial charge in [-0.2, -0.15) is 0 Å². The molecule has 0 fully saturated rings. The van der Waals surface area contributed by atoms with E-state index in [2.05, 4.69) is 0 Å². The molecule has 0 rings (SSSR count). The number of carbonyl (C=O) groups is 2. The number of carbonyl (C=O) groups excluding carboxylic acids is 2. The summed E-state index contributed by atoms with van der Waals surface area (Å²) in [4.78, 5) is 25.1. The maximum atomic E-state index is 11.6. The Morgan fingerprint density at radius 3 is 2.56 bits per heavy atom. The number of hydrogen-bond donors (Lipinski definition) is 1. The molecule has 0 aliphatic rings. The molecule has 2 N–H and O–H groups in total. The number of ketones is 1. The molecule has 0 aromatic heterocycles. The molecular formula is C13H22N2O2S. The van der Waals surface area contributed by atoms with Crippen molar-refractivity contribution in [3.8, 4) is 0 Å². The molecule has 0 spiro atoms. The smallest absolute Gasteiger partial charge is 0.226 e. The number of amides is 1. The quantitative estimate of drug-likeness (QED) is 0.680. The van der Waals surface area contributed by atoms with E-state index in [9.17, 15) is 9.59 Å². The van der Waals surface area contributed by atoms with Crippen LogP contribution in [0.15, 0.2) is 23.1 Å². The van der Waals surface area contributed by atoms with Crippen molar-refractivity contribution >= 4 is 23.5 Å². The van der Waals surface area contributed by atoms with Crippen LogP contribution in [0.1, 0.15) is 20.3 Å². The van der Waals surface area contributed by atoms with Crippen LogP contribution < -0.4 is 5.73 Å². The van der Waals surface area contributed by atoms with E-state index in [4.69, 9.17) is 5.73 Å². The average molecular weight is 270 g/mol. The highest BCUT2D eigenvalue weighted by Crippen LogP contribution is 2.17. The van der Waals surface area contributed by atoms with Crippen LogP contribution in [-0.4, -0.2) is 42.5 Å². The number of likely N-dealkylation sites (N-methyl/N-ethyl adjacent to an activating group) is 1. The molecule has 0 aliphatic carbocycles. The van der Waals surface area contributed by atoms with Crippen LogP contribution in [-0.2, 0) is 9.59 Å². The summed E-state index contributed by atoms with van der Waals surface area (Å²) in [7, 11) is 1.74. The van der Waals surface area contributed by atoms with Crippen LogP contribution in [0.25, 0.3) is 0 Å². The maximum Gasteiger partial charge on any atom is 0.226 e. The Bertz CT molecular complexity index is 338. The van der Waals surface area contributed by atoms with E-state index in [1.54, 1.807) is 18.9 Å². The second-order valence-corrected chi connectivity index (χ2v) is 4.94. The van der Waals surface area contributed by atoms with E-state index in [1.807, 2.05) is 25.2 Å². The zero-order valence-corrected chi connectivity index (χ0v) is 12.1. The normalized spacial score (nSPS) is 11.9. The minimum atomic E-state index is 0.0451. The lowest BCUT2D eigenvalue weighted by molar-refractivity contribution is -0.128. The fraction of sp³-hybridized carbons (Fsp3) is 0.538. The van der Waals surface area contributed by atoms with Crippen molar-refractivity contribution in [2.75, 3.05) is 25.9 Å². The summed E-state index contributed by atoms with van der Waals surface area (Å²) in [5.74, 6) is 0.653. The molecule has 0 saturated heterocycles. The van der Waals surface area contributed by atoms with E-state index in [0.717, 1.165) is 4.91 Å². The van der Waals surface area contributed by atoms with Gasteiger partial charge in [-0.15, -0.1) is 11.8 Å². The van der Waals surface area contributed by atoms with Gasteiger partial charge in [0.05, 0.1) is 5.75 Å². The third-order valence-electron chi connectivity index (χ3n) is 2.19. The van der Waals surface area contributed by atoms with Crippen molar-refractivity contribution < 1.29 is 9.59 Å². The van der Waals surface area contributed by atoms with Gasteiger partial charge in [-0.25, -0.2) is 0 Å².